The number of benzene rings is 1. The molecule has 0 N–H and O–H groups in total. The van der Waals surface area contributed by atoms with Crippen molar-refractivity contribution in [3.05, 3.63) is 41.2 Å². The predicted molar refractivity (Wildman–Crippen MR) is 85.1 cm³/mol. The van der Waals surface area contributed by atoms with E-state index in [1.807, 2.05) is 37.1 Å². The van der Waals surface area contributed by atoms with E-state index in [4.69, 9.17) is 4.63 Å². The molecule has 1 amide bonds. The lowest BCUT2D eigenvalue weighted by atomic mass is 9.75. The molecule has 1 aromatic carbocycles. The molecular formula is C17H20N4O2. The molecule has 3 heterocycles. The molecule has 2 aromatic rings. The number of likely N-dealkylation sites (N-methyl/N-ethyl adjacent to an activating group) is 1. The average Bonchev–Trinajstić information content (AvgIpc) is 3.05. The molecule has 23 heavy (non-hydrogen) atoms. The molecule has 2 aliphatic heterocycles. The van der Waals surface area contributed by atoms with E-state index in [1.54, 1.807) is 0 Å². The van der Waals surface area contributed by atoms with Gasteiger partial charge in [-0.05, 0) is 37.9 Å². The Balaban J connectivity index is 1.66. The first-order chi connectivity index (χ1) is 11.1. The van der Waals surface area contributed by atoms with Gasteiger partial charge in [0, 0.05) is 25.8 Å². The topological polar surface area (TPSA) is 62.5 Å². The summed E-state index contributed by atoms with van der Waals surface area (Å²) in [6.45, 7) is 4.26. The van der Waals surface area contributed by atoms with Crippen LogP contribution in [-0.2, 0) is 16.8 Å². The number of rotatable bonds is 2. The number of hydrogen-bond donors (Lipinski definition) is 0. The number of piperidine rings is 1. The first-order valence-corrected chi connectivity index (χ1v) is 8.00. The third-order valence-electron chi connectivity index (χ3n) is 5.19. The summed E-state index contributed by atoms with van der Waals surface area (Å²) in [4.78, 5) is 17.1. The molecule has 0 bridgehead atoms. The average molecular weight is 312 g/mol. The smallest absolute Gasteiger partial charge is 0.238 e. The Labute approximate surface area is 135 Å². The van der Waals surface area contributed by atoms with E-state index < -0.39 is 5.41 Å². The molecule has 0 saturated carbocycles. The normalized spacial score (nSPS) is 24.4. The second-order valence-corrected chi connectivity index (χ2v) is 6.57. The fraction of sp³-hybridized carbons (Fsp3) is 0.471. The highest BCUT2D eigenvalue weighted by molar-refractivity contribution is 6.08. The summed E-state index contributed by atoms with van der Waals surface area (Å²) in [5.74, 6) is 0.207. The first-order valence-electron chi connectivity index (χ1n) is 8.00. The second kappa shape index (κ2) is 5.16. The van der Waals surface area contributed by atoms with Crippen LogP contribution in [0, 0.1) is 6.92 Å². The van der Waals surface area contributed by atoms with E-state index in [0.717, 1.165) is 48.6 Å². The van der Waals surface area contributed by atoms with Crippen molar-refractivity contribution in [2.75, 3.05) is 25.0 Å². The van der Waals surface area contributed by atoms with Crippen molar-refractivity contribution >= 4 is 11.6 Å². The Kier molecular flexibility index (Phi) is 3.23. The Morgan fingerprint density at radius 3 is 2.91 bits per heavy atom. The fourth-order valence-electron chi connectivity index (χ4n) is 3.99. The number of anilines is 1. The molecule has 2 aliphatic rings. The van der Waals surface area contributed by atoms with Gasteiger partial charge in [-0.1, -0.05) is 28.5 Å². The summed E-state index contributed by atoms with van der Waals surface area (Å²) >= 11 is 0. The highest BCUT2D eigenvalue weighted by Gasteiger charge is 2.51. The Morgan fingerprint density at radius 2 is 2.13 bits per heavy atom. The molecule has 120 valence electrons. The minimum atomic E-state index is -0.422. The molecule has 1 unspecified atom stereocenters. The van der Waals surface area contributed by atoms with Crippen molar-refractivity contribution in [2.45, 2.75) is 31.7 Å². The van der Waals surface area contributed by atoms with E-state index in [9.17, 15) is 4.79 Å². The number of amides is 1. The molecule has 1 saturated heterocycles. The summed E-state index contributed by atoms with van der Waals surface area (Å²) in [6.07, 6.45) is 1.90. The number of nitrogens with zero attached hydrogens (tertiary/aromatic N) is 4. The van der Waals surface area contributed by atoms with Crippen LogP contribution in [-0.4, -0.2) is 41.3 Å². The number of fused-ring (bicyclic) bond motifs is 2. The lowest BCUT2D eigenvalue weighted by molar-refractivity contribution is -0.125. The van der Waals surface area contributed by atoms with Gasteiger partial charge in [0.05, 0.1) is 5.41 Å². The first kappa shape index (κ1) is 14.4. The van der Waals surface area contributed by atoms with Crippen molar-refractivity contribution in [1.29, 1.82) is 0 Å². The number of hydrogen-bond acceptors (Lipinski definition) is 5. The maximum atomic E-state index is 13.0. The minimum Gasteiger partial charge on any atom is -0.314 e. The molecule has 6 heteroatoms. The Morgan fingerprint density at radius 1 is 1.30 bits per heavy atom. The van der Waals surface area contributed by atoms with Gasteiger partial charge < -0.3 is 4.90 Å². The van der Waals surface area contributed by atoms with E-state index in [-0.39, 0.29) is 5.91 Å². The van der Waals surface area contributed by atoms with Crippen LogP contribution in [0.1, 0.15) is 29.8 Å². The minimum absolute atomic E-state index is 0.207. The third-order valence-corrected chi connectivity index (χ3v) is 5.19. The maximum absolute atomic E-state index is 13.0. The number of para-hydroxylation sites is 1. The number of aromatic nitrogens is 2. The predicted octanol–water partition coefficient (Wildman–Crippen LogP) is 1.89. The largest absolute Gasteiger partial charge is 0.314 e. The van der Waals surface area contributed by atoms with Gasteiger partial charge in [0.15, 0.2) is 0 Å². The zero-order chi connectivity index (χ0) is 16.0. The molecule has 4 rings (SSSR count). The van der Waals surface area contributed by atoms with Gasteiger partial charge in [0.1, 0.15) is 11.4 Å². The van der Waals surface area contributed by atoms with Crippen molar-refractivity contribution in [3.63, 3.8) is 0 Å². The highest BCUT2D eigenvalue weighted by atomic mass is 16.6. The van der Waals surface area contributed by atoms with Crippen LogP contribution in [0.4, 0.5) is 5.69 Å². The van der Waals surface area contributed by atoms with Crippen molar-refractivity contribution in [2.24, 2.45) is 0 Å². The summed E-state index contributed by atoms with van der Waals surface area (Å²) in [7, 11) is 1.88. The number of carbonyl (C=O) groups excluding carboxylic acids is 1. The van der Waals surface area contributed by atoms with Gasteiger partial charge in [-0.3, -0.25) is 9.69 Å². The van der Waals surface area contributed by atoms with E-state index >= 15 is 0 Å². The van der Waals surface area contributed by atoms with Gasteiger partial charge in [0.25, 0.3) is 0 Å². The molecule has 1 spiro atoms. The van der Waals surface area contributed by atoms with Crippen LogP contribution in [0.5, 0.6) is 0 Å². The summed E-state index contributed by atoms with van der Waals surface area (Å²) in [5.41, 5.74) is 3.45. The van der Waals surface area contributed by atoms with Crippen molar-refractivity contribution < 1.29 is 9.42 Å². The van der Waals surface area contributed by atoms with Crippen LogP contribution in [0.3, 0.4) is 0 Å². The summed E-state index contributed by atoms with van der Waals surface area (Å²) in [6, 6.07) is 8.15. The number of likely N-dealkylation sites (tertiary alicyclic amines) is 1. The molecule has 0 radical (unpaired) electrons. The lowest BCUT2D eigenvalue weighted by Gasteiger charge is -2.39. The van der Waals surface area contributed by atoms with Gasteiger partial charge in [-0.25, -0.2) is 4.63 Å². The summed E-state index contributed by atoms with van der Waals surface area (Å²) in [5, 5.41) is 7.83. The quantitative estimate of drug-likeness (QED) is 0.847. The lowest BCUT2D eigenvalue weighted by Crippen LogP contribution is -2.51. The summed E-state index contributed by atoms with van der Waals surface area (Å²) < 4.78 is 4.80. The van der Waals surface area contributed by atoms with Crippen LogP contribution in [0.25, 0.3) is 0 Å². The number of carbonyl (C=O) groups is 1. The number of aryl methyl sites for hydroxylation is 1. The van der Waals surface area contributed by atoms with Gasteiger partial charge in [-0.2, -0.15) is 0 Å². The van der Waals surface area contributed by atoms with Gasteiger partial charge in [0.2, 0.25) is 5.91 Å². The van der Waals surface area contributed by atoms with Crippen LogP contribution >= 0.6 is 0 Å². The van der Waals surface area contributed by atoms with Crippen molar-refractivity contribution in [1.82, 2.24) is 15.2 Å². The molecule has 1 fully saturated rings. The van der Waals surface area contributed by atoms with E-state index in [0.29, 0.717) is 6.54 Å². The third kappa shape index (κ3) is 2.09. The van der Waals surface area contributed by atoms with E-state index in [1.165, 1.54) is 0 Å². The standard InChI is InChI=1S/C17H20N4O2/c1-12-14(19-23-18-12)10-21-9-5-8-17(11-21)13-6-3-4-7-15(13)20(2)16(17)22/h3-4,6-7H,5,8-11H2,1-2H3. The highest BCUT2D eigenvalue weighted by Crippen LogP contribution is 2.46. The molecule has 6 nitrogen and oxygen atoms in total. The molecular weight excluding hydrogens is 292 g/mol. The van der Waals surface area contributed by atoms with Crippen LogP contribution in [0.15, 0.2) is 28.9 Å². The van der Waals surface area contributed by atoms with Gasteiger partial charge >= 0.3 is 0 Å². The Hall–Kier alpha value is -2.21. The maximum Gasteiger partial charge on any atom is 0.238 e. The molecule has 0 aliphatic carbocycles. The fourth-order valence-corrected chi connectivity index (χ4v) is 3.99. The monoisotopic (exact) mass is 312 g/mol. The van der Waals surface area contributed by atoms with Gasteiger partial charge in [-0.15, -0.1) is 0 Å². The van der Waals surface area contributed by atoms with Crippen molar-refractivity contribution in [3.8, 4) is 0 Å². The van der Waals surface area contributed by atoms with E-state index in [2.05, 4.69) is 21.3 Å². The second-order valence-electron chi connectivity index (χ2n) is 6.57. The Bertz CT molecular complexity index is 757. The van der Waals surface area contributed by atoms with Crippen LogP contribution in [0.2, 0.25) is 0 Å². The zero-order valence-electron chi connectivity index (χ0n) is 13.5. The zero-order valence-corrected chi connectivity index (χ0v) is 13.5. The molecule has 1 atom stereocenters. The molecule has 1 aromatic heterocycles. The van der Waals surface area contributed by atoms with Crippen LogP contribution < -0.4 is 4.90 Å². The SMILES string of the molecule is Cc1nonc1CN1CCCC2(C1)C(=O)N(C)c1ccccc12.